The zero-order chi connectivity index (χ0) is 17.0. The first-order valence-corrected chi connectivity index (χ1v) is 8.82. The maximum absolute atomic E-state index is 12.0. The minimum absolute atomic E-state index is 0.0378. The molecule has 0 bridgehead atoms. The number of carbonyl (C=O) groups is 1. The number of hydrogen-bond donors (Lipinski definition) is 1. The van der Waals surface area contributed by atoms with E-state index in [1.165, 1.54) is 5.56 Å². The number of nitrogens with one attached hydrogen (secondary N) is 1. The van der Waals surface area contributed by atoms with Gasteiger partial charge in [0.25, 0.3) is 5.91 Å². The smallest absolute Gasteiger partial charge is 0.262 e. The number of ether oxygens (including phenoxy) is 1. The number of carbonyl (C=O) groups excluding carboxylic acids is 1. The average Bonchev–Trinajstić information content (AvgIpc) is 2.46. The van der Waals surface area contributed by atoms with Crippen molar-refractivity contribution in [1.29, 1.82) is 0 Å². The highest BCUT2D eigenvalue weighted by atomic mass is 79.9. The molecule has 23 heavy (non-hydrogen) atoms. The Hall–Kier alpha value is -1.33. The molecule has 1 amide bonds. The molecule has 2 rings (SSSR count). The van der Waals surface area contributed by atoms with E-state index in [-0.39, 0.29) is 17.9 Å². The minimum atomic E-state index is -0.200. The van der Waals surface area contributed by atoms with Gasteiger partial charge in [0.1, 0.15) is 5.75 Å². The number of hydrogen-bond acceptors (Lipinski definition) is 2. The SMILES string of the molecule is CC(C)(C)c1ccc(NC(=O)COc2cccc(Br)c2)c(Br)c1. The lowest BCUT2D eigenvalue weighted by Crippen LogP contribution is -2.20. The van der Waals surface area contributed by atoms with E-state index in [1.807, 2.05) is 42.5 Å². The van der Waals surface area contributed by atoms with Crippen LogP contribution in [0.1, 0.15) is 26.3 Å². The largest absolute Gasteiger partial charge is 0.484 e. The van der Waals surface area contributed by atoms with Crippen LogP contribution in [0.25, 0.3) is 0 Å². The molecule has 5 heteroatoms. The summed E-state index contributed by atoms with van der Waals surface area (Å²) in [6.45, 7) is 6.42. The molecule has 0 saturated heterocycles. The number of benzene rings is 2. The fourth-order valence-corrected chi connectivity index (χ4v) is 2.83. The van der Waals surface area contributed by atoms with Crippen LogP contribution >= 0.6 is 31.9 Å². The van der Waals surface area contributed by atoms with Crippen molar-refractivity contribution >= 4 is 43.5 Å². The third-order valence-corrected chi connectivity index (χ3v) is 4.42. The van der Waals surface area contributed by atoms with Crippen LogP contribution in [0.5, 0.6) is 5.75 Å². The molecule has 0 aliphatic heterocycles. The Kier molecular flexibility index (Phi) is 5.87. The molecule has 122 valence electrons. The summed E-state index contributed by atoms with van der Waals surface area (Å²) < 4.78 is 7.26. The van der Waals surface area contributed by atoms with Crippen LogP contribution in [0.15, 0.2) is 51.4 Å². The second kappa shape index (κ2) is 7.49. The van der Waals surface area contributed by atoms with Crippen molar-refractivity contribution in [2.75, 3.05) is 11.9 Å². The zero-order valence-corrected chi connectivity index (χ0v) is 16.5. The second-order valence-electron chi connectivity index (χ2n) is 6.24. The van der Waals surface area contributed by atoms with Gasteiger partial charge in [-0.2, -0.15) is 0 Å². The molecule has 2 aromatic carbocycles. The molecule has 0 aliphatic carbocycles. The van der Waals surface area contributed by atoms with Gasteiger partial charge in [0, 0.05) is 8.95 Å². The summed E-state index contributed by atoms with van der Waals surface area (Å²) in [6.07, 6.45) is 0. The Balaban J connectivity index is 1.98. The monoisotopic (exact) mass is 439 g/mol. The Morgan fingerprint density at radius 1 is 1.13 bits per heavy atom. The van der Waals surface area contributed by atoms with Crippen molar-refractivity contribution in [2.24, 2.45) is 0 Å². The van der Waals surface area contributed by atoms with Crippen LogP contribution in [0.4, 0.5) is 5.69 Å². The highest BCUT2D eigenvalue weighted by molar-refractivity contribution is 9.10. The fourth-order valence-electron chi connectivity index (χ4n) is 1.97. The van der Waals surface area contributed by atoms with Crippen LogP contribution in [-0.2, 0) is 10.2 Å². The van der Waals surface area contributed by atoms with Gasteiger partial charge in [-0.3, -0.25) is 4.79 Å². The topological polar surface area (TPSA) is 38.3 Å². The summed E-state index contributed by atoms with van der Waals surface area (Å²) in [6, 6.07) is 13.4. The number of halogens is 2. The van der Waals surface area contributed by atoms with Gasteiger partial charge in [-0.1, -0.05) is 48.8 Å². The molecule has 0 spiro atoms. The Labute approximate surface area is 153 Å². The van der Waals surface area contributed by atoms with Gasteiger partial charge >= 0.3 is 0 Å². The predicted molar refractivity (Wildman–Crippen MR) is 101 cm³/mol. The van der Waals surface area contributed by atoms with Gasteiger partial charge in [0.05, 0.1) is 5.69 Å². The van der Waals surface area contributed by atoms with Gasteiger partial charge in [0.2, 0.25) is 0 Å². The van der Waals surface area contributed by atoms with Crippen molar-refractivity contribution in [3.05, 3.63) is 57.0 Å². The molecule has 0 fully saturated rings. The first kappa shape index (κ1) is 18.0. The molecule has 0 unspecified atom stereocenters. The zero-order valence-electron chi connectivity index (χ0n) is 13.3. The molecular formula is C18H19Br2NO2. The van der Waals surface area contributed by atoms with Gasteiger partial charge in [-0.15, -0.1) is 0 Å². The number of rotatable bonds is 4. The van der Waals surface area contributed by atoms with Crippen molar-refractivity contribution in [2.45, 2.75) is 26.2 Å². The van der Waals surface area contributed by atoms with Crippen LogP contribution in [0.3, 0.4) is 0 Å². The van der Waals surface area contributed by atoms with Crippen LogP contribution < -0.4 is 10.1 Å². The molecule has 3 nitrogen and oxygen atoms in total. The lowest BCUT2D eigenvalue weighted by molar-refractivity contribution is -0.118. The highest BCUT2D eigenvalue weighted by Crippen LogP contribution is 2.30. The van der Waals surface area contributed by atoms with Crippen molar-refractivity contribution in [1.82, 2.24) is 0 Å². The molecule has 0 aliphatic rings. The highest BCUT2D eigenvalue weighted by Gasteiger charge is 2.15. The van der Waals surface area contributed by atoms with Crippen molar-refractivity contribution < 1.29 is 9.53 Å². The fraction of sp³-hybridized carbons (Fsp3) is 0.278. The van der Waals surface area contributed by atoms with Gasteiger partial charge in [-0.05, 0) is 57.2 Å². The summed E-state index contributed by atoms with van der Waals surface area (Å²) >= 11 is 6.88. The van der Waals surface area contributed by atoms with Crippen molar-refractivity contribution in [3.63, 3.8) is 0 Å². The summed E-state index contributed by atoms with van der Waals surface area (Å²) in [5, 5.41) is 2.85. The second-order valence-corrected chi connectivity index (χ2v) is 8.01. The molecule has 1 N–H and O–H groups in total. The summed E-state index contributed by atoms with van der Waals surface area (Å²) in [5.74, 6) is 0.450. The van der Waals surface area contributed by atoms with E-state index in [2.05, 4.69) is 57.9 Å². The van der Waals surface area contributed by atoms with E-state index in [0.717, 1.165) is 14.6 Å². The summed E-state index contributed by atoms with van der Waals surface area (Å²) in [7, 11) is 0. The number of amides is 1. The normalized spacial score (nSPS) is 11.2. The first-order valence-electron chi connectivity index (χ1n) is 7.24. The molecule has 0 atom stereocenters. The van der Waals surface area contributed by atoms with E-state index in [4.69, 9.17) is 4.74 Å². The van der Waals surface area contributed by atoms with Crippen LogP contribution in [0, 0.1) is 0 Å². The van der Waals surface area contributed by atoms with Gasteiger partial charge in [0.15, 0.2) is 6.61 Å². The first-order chi connectivity index (χ1) is 10.8. The number of anilines is 1. The van der Waals surface area contributed by atoms with E-state index >= 15 is 0 Å². The molecule has 0 heterocycles. The molecule has 0 saturated carbocycles. The van der Waals surface area contributed by atoms with E-state index in [9.17, 15) is 4.79 Å². The molecule has 2 aromatic rings. The molecular weight excluding hydrogens is 422 g/mol. The third-order valence-electron chi connectivity index (χ3n) is 3.28. The average molecular weight is 441 g/mol. The lowest BCUT2D eigenvalue weighted by Gasteiger charge is -2.20. The molecule has 0 aromatic heterocycles. The maximum Gasteiger partial charge on any atom is 0.262 e. The summed E-state index contributed by atoms with van der Waals surface area (Å²) in [4.78, 5) is 12.0. The van der Waals surface area contributed by atoms with Gasteiger partial charge < -0.3 is 10.1 Å². The van der Waals surface area contributed by atoms with Crippen molar-refractivity contribution in [3.8, 4) is 5.75 Å². The van der Waals surface area contributed by atoms with E-state index in [0.29, 0.717) is 5.75 Å². The Bertz CT molecular complexity index is 708. The summed E-state index contributed by atoms with van der Waals surface area (Å²) in [5.41, 5.74) is 2.00. The molecule has 0 radical (unpaired) electrons. The standard InChI is InChI=1S/C18H19Br2NO2/c1-18(2,3)12-7-8-16(15(20)9-12)21-17(22)11-23-14-6-4-5-13(19)10-14/h4-10H,11H2,1-3H3,(H,21,22). The lowest BCUT2D eigenvalue weighted by atomic mass is 9.87. The maximum atomic E-state index is 12.0. The Morgan fingerprint density at radius 2 is 1.87 bits per heavy atom. The van der Waals surface area contributed by atoms with Crippen LogP contribution in [0.2, 0.25) is 0 Å². The van der Waals surface area contributed by atoms with E-state index < -0.39 is 0 Å². The Morgan fingerprint density at radius 3 is 2.48 bits per heavy atom. The van der Waals surface area contributed by atoms with Gasteiger partial charge in [-0.25, -0.2) is 0 Å². The van der Waals surface area contributed by atoms with Crippen LogP contribution in [-0.4, -0.2) is 12.5 Å². The third kappa shape index (κ3) is 5.36. The predicted octanol–water partition coefficient (Wildman–Crippen LogP) is 5.53. The quantitative estimate of drug-likeness (QED) is 0.678. The minimum Gasteiger partial charge on any atom is -0.484 e. The van der Waals surface area contributed by atoms with E-state index in [1.54, 1.807) is 0 Å².